The minimum atomic E-state index is -3.26. The largest absolute Gasteiger partial charge is 0.322 e. The Kier molecular flexibility index (Phi) is 4.58. The van der Waals surface area contributed by atoms with Gasteiger partial charge < -0.3 is 5.32 Å². The molecule has 2 N–H and O–H groups in total. The van der Waals surface area contributed by atoms with Gasteiger partial charge in [0.05, 0.1) is 10.8 Å². The van der Waals surface area contributed by atoms with E-state index in [1.54, 1.807) is 30.3 Å². The summed E-state index contributed by atoms with van der Waals surface area (Å²) in [4.78, 5) is 12.2. The Bertz CT molecular complexity index is 831. The quantitative estimate of drug-likeness (QED) is 0.697. The van der Waals surface area contributed by atoms with E-state index in [-0.39, 0.29) is 11.2 Å². The first-order valence-corrected chi connectivity index (χ1v) is 9.76. The Balaban J connectivity index is 1.68. The van der Waals surface area contributed by atoms with E-state index in [2.05, 4.69) is 32.6 Å². The molecule has 5 nitrogen and oxygen atoms in total. The molecule has 0 saturated heterocycles. The number of hydrogen-bond donors (Lipinski definition) is 2. The number of amides is 1. The molecule has 1 amide bonds. The molecular formula is C16H15IN2O3S. The third-order valence-corrected chi connectivity index (χ3v) is 6.29. The summed E-state index contributed by atoms with van der Waals surface area (Å²) in [7, 11) is -3.26. The molecule has 23 heavy (non-hydrogen) atoms. The van der Waals surface area contributed by atoms with E-state index in [0.29, 0.717) is 16.9 Å². The van der Waals surface area contributed by atoms with Crippen LogP contribution in [0.4, 0.5) is 11.4 Å². The first-order valence-electron chi connectivity index (χ1n) is 7.13. The highest BCUT2D eigenvalue weighted by molar-refractivity contribution is 14.1. The second kappa shape index (κ2) is 6.48. The Morgan fingerprint density at radius 1 is 1.00 bits per heavy atom. The normalized spacial score (nSPS) is 14.3. The summed E-state index contributed by atoms with van der Waals surface area (Å²) in [5.74, 6) is -0.193. The molecular weight excluding hydrogens is 427 g/mol. The van der Waals surface area contributed by atoms with Crippen LogP contribution < -0.4 is 10.0 Å². The second-order valence-corrected chi connectivity index (χ2v) is 8.48. The lowest BCUT2D eigenvalue weighted by Gasteiger charge is -2.09. The van der Waals surface area contributed by atoms with Gasteiger partial charge in [-0.2, -0.15) is 0 Å². The monoisotopic (exact) mass is 442 g/mol. The van der Waals surface area contributed by atoms with Gasteiger partial charge in [0.15, 0.2) is 0 Å². The standard InChI is InChI=1S/C16H15IN2O3S/c17-15-4-2-1-3-14(15)16(20)18-11-5-7-12(8-6-11)19-23(21,22)13-9-10-13/h1-8,13,19H,9-10H2,(H,18,20). The predicted molar refractivity (Wildman–Crippen MR) is 99.1 cm³/mol. The van der Waals surface area contributed by atoms with E-state index in [0.717, 1.165) is 16.4 Å². The first kappa shape index (κ1) is 16.3. The van der Waals surface area contributed by atoms with Crippen molar-refractivity contribution in [3.63, 3.8) is 0 Å². The molecule has 0 spiro atoms. The van der Waals surface area contributed by atoms with Crippen molar-refractivity contribution >= 4 is 49.9 Å². The number of carbonyl (C=O) groups is 1. The third kappa shape index (κ3) is 4.03. The van der Waals surface area contributed by atoms with Gasteiger partial charge in [-0.15, -0.1) is 0 Å². The average Bonchev–Trinajstić information content (AvgIpc) is 3.34. The van der Waals surface area contributed by atoms with Gasteiger partial charge in [-0.05, 0) is 71.8 Å². The van der Waals surface area contributed by atoms with E-state index in [9.17, 15) is 13.2 Å². The lowest BCUT2D eigenvalue weighted by atomic mass is 10.2. The number of hydrogen-bond acceptors (Lipinski definition) is 3. The van der Waals surface area contributed by atoms with Crippen LogP contribution in [0.1, 0.15) is 23.2 Å². The molecule has 1 aliphatic carbocycles. The van der Waals surface area contributed by atoms with Crippen LogP contribution in [-0.4, -0.2) is 19.6 Å². The van der Waals surface area contributed by atoms with Gasteiger partial charge in [0, 0.05) is 14.9 Å². The zero-order valence-electron chi connectivity index (χ0n) is 12.1. The molecule has 0 bridgehead atoms. The van der Waals surface area contributed by atoms with Crippen LogP contribution in [0.5, 0.6) is 0 Å². The number of halogens is 1. The summed E-state index contributed by atoms with van der Waals surface area (Å²) in [5, 5.41) is 2.54. The fraction of sp³-hybridized carbons (Fsp3) is 0.188. The SMILES string of the molecule is O=C(Nc1ccc(NS(=O)(=O)C2CC2)cc1)c1ccccc1I. The highest BCUT2D eigenvalue weighted by Crippen LogP contribution is 2.30. The zero-order valence-corrected chi connectivity index (χ0v) is 15.1. The van der Waals surface area contributed by atoms with Gasteiger partial charge in [0.1, 0.15) is 0 Å². The van der Waals surface area contributed by atoms with Crippen molar-refractivity contribution in [2.45, 2.75) is 18.1 Å². The van der Waals surface area contributed by atoms with Crippen molar-refractivity contribution in [2.24, 2.45) is 0 Å². The molecule has 0 radical (unpaired) electrons. The molecule has 0 heterocycles. The molecule has 120 valence electrons. The van der Waals surface area contributed by atoms with Crippen LogP contribution >= 0.6 is 22.6 Å². The minimum absolute atomic E-state index is 0.193. The van der Waals surface area contributed by atoms with Crippen LogP contribution in [0.15, 0.2) is 48.5 Å². The van der Waals surface area contributed by atoms with E-state index < -0.39 is 10.0 Å². The number of rotatable bonds is 5. The van der Waals surface area contributed by atoms with Gasteiger partial charge in [0.2, 0.25) is 10.0 Å². The van der Waals surface area contributed by atoms with Gasteiger partial charge in [-0.3, -0.25) is 9.52 Å². The maximum atomic E-state index is 12.2. The summed E-state index contributed by atoms with van der Waals surface area (Å²) < 4.78 is 27.2. The van der Waals surface area contributed by atoms with Gasteiger partial charge >= 0.3 is 0 Å². The van der Waals surface area contributed by atoms with Crippen molar-refractivity contribution < 1.29 is 13.2 Å². The molecule has 1 aliphatic rings. The highest BCUT2D eigenvalue weighted by Gasteiger charge is 2.35. The molecule has 1 fully saturated rings. The number of nitrogens with one attached hydrogen (secondary N) is 2. The summed E-state index contributed by atoms with van der Waals surface area (Å²) in [6, 6.07) is 14.0. The van der Waals surface area contributed by atoms with Gasteiger partial charge in [-0.25, -0.2) is 8.42 Å². The van der Waals surface area contributed by atoms with Crippen LogP contribution in [-0.2, 0) is 10.0 Å². The van der Waals surface area contributed by atoms with E-state index in [1.807, 2.05) is 18.2 Å². The molecule has 7 heteroatoms. The smallest absolute Gasteiger partial charge is 0.256 e. The topological polar surface area (TPSA) is 75.3 Å². The molecule has 2 aromatic carbocycles. The van der Waals surface area contributed by atoms with E-state index in [1.165, 1.54) is 0 Å². The lowest BCUT2D eigenvalue weighted by molar-refractivity contribution is 0.102. The van der Waals surface area contributed by atoms with Crippen LogP contribution in [0.2, 0.25) is 0 Å². The van der Waals surface area contributed by atoms with E-state index in [4.69, 9.17) is 0 Å². The summed E-state index contributed by atoms with van der Waals surface area (Å²) in [5.41, 5.74) is 1.72. The van der Waals surface area contributed by atoms with Crippen molar-refractivity contribution in [3.8, 4) is 0 Å². The molecule has 2 aromatic rings. The van der Waals surface area contributed by atoms with Crippen LogP contribution in [0.25, 0.3) is 0 Å². The number of sulfonamides is 1. The Labute approximate surface area is 148 Å². The molecule has 0 atom stereocenters. The fourth-order valence-electron chi connectivity index (χ4n) is 2.09. The average molecular weight is 442 g/mol. The maximum absolute atomic E-state index is 12.2. The van der Waals surface area contributed by atoms with Gasteiger partial charge in [-0.1, -0.05) is 12.1 Å². The van der Waals surface area contributed by atoms with Crippen molar-refractivity contribution in [3.05, 3.63) is 57.7 Å². The summed E-state index contributed by atoms with van der Waals surface area (Å²) >= 11 is 2.11. The number of benzene rings is 2. The highest BCUT2D eigenvalue weighted by atomic mass is 127. The molecule has 0 aliphatic heterocycles. The Morgan fingerprint density at radius 3 is 2.22 bits per heavy atom. The molecule has 0 unspecified atom stereocenters. The number of anilines is 2. The number of carbonyl (C=O) groups excluding carboxylic acids is 1. The first-order chi connectivity index (χ1) is 11.0. The van der Waals surface area contributed by atoms with Crippen LogP contribution in [0.3, 0.4) is 0 Å². The van der Waals surface area contributed by atoms with Crippen molar-refractivity contribution in [1.29, 1.82) is 0 Å². The summed E-state index contributed by atoms with van der Waals surface area (Å²) in [6.07, 6.45) is 1.44. The molecule has 3 rings (SSSR count). The minimum Gasteiger partial charge on any atom is -0.322 e. The van der Waals surface area contributed by atoms with Crippen LogP contribution in [0, 0.1) is 3.57 Å². The summed E-state index contributed by atoms with van der Waals surface area (Å²) in [6.45, 7) is 0. The zero-order chi connectivity index (χ0) is 16.4. The van der Waals surface area contributed by atoms with E-state index >= 15 is 0 Å². The Hall–Kier alpha value is -1.61. The van der Waals surface area contributed by atoms with Crippen molar-refractivity contribution in [2.75, 3.05) is 10.0 Å². The lowest BCUT2D eigenvalue weighted by Crippen LogP contribution is -2.17. The Morgan fingerprint density at radius 2 is 1.61 bits per heavy atom. The fourth-order valence-corrected chi connectivity index (χ4v) is 4.11. The molecule has 1 saturated carbocycles. The van der Waals surface area contributed by atoms with Gasteiger partial charge in [0.25, 0.3) is 5.91 Å². The maximum Gasteiger partial charge on any atom is 0.256 e. The van der Waals surface area contributed by atoms with Crippen molar-refractivity contribution in [1.82, 2.24) is 0 Å². The molecule has 0 aromatic heterocycles. The third-order valence-electron chi connectivity index (χ3n) is 3.48. The predicted octanol–water partition coefficient (Wildman–Crippen LogP) is 3.45. The second-order valence-electron chi connectivity index (χ2n) is 5.36.